The van der Waals surface area contributed by atoms with Gasteiger partial charge in [-0.05, 0) is 56.9 Å². The van der Waals surface area contributed by atoms with Crippen LogP contribution in [0.15, 0.2) is 24.3 Å². The summed E-state index contributed by atoms with van der Waals surface area (Å²) in [6, 6.07) is 9.58. The van der Waals surface area contributed by atoms with Crippen molar-refractivity contribution in [2.45, 2.75) is 44.3 Å². The van der Waals surface area contributed by atoms with Gasteiger partial charge in [0, 0.05) is 18.7 Å². The van der Waals surface area contributed by atoms with Crippen molar-refractivity contribution in [1.82, 2.24) is 20.3 Å². The molecule has 10 heteroatoms. The first-order valence-corrected chi connectivity index (χ1v) is 11.6. The van der Waals surface area contributed by atoms with Crippen molar-refractivity contribution in [3.05, 3.63) is 34.9 Å². The minimum atomic E-state index is -0.748. The molecule has 3 N–H and O–H groups in total. The molecule has 1 aliphatic heterocycles. The van der Waals surface area contributed by atoms with Crippen LogP contribution in [0.25, 0.3) is 22.4 Å². The molecule has 1 saturated carbocycles. The Morgan fingerprint density at radius 1 is 1.24 bits per heavy atom. The molecule has 2 aromatic heterocycles. The number of benzene rings is 1. The van der Waals surface area contributed by atoms with Crippen LogP contribution in [0, 0.1) is 17.2 Å². The molecule has 5 rings (SSSR count). The number of H-pyrrole nitrogens is 1. The van der Waals surface area contributed by atoms with Crippen molar-refractivity contribution in [3.8, 4) is 29.1 Å². The van der Waals surface area contributed by atoms with Crippen LogP contribution in [0.4, 0.5) is 0 Å². The van der Waals surface area contributed by atoms with Crippen LogP contribution in [-0.2, 0) is 4.79 Å². The quantitative estimate of drug-likeness (QED) is 0.482. The summed E-state index contributed by atoms with van der Waals surface area (Å²) in [4.78, 5) is 23.3. The Kier molecular flexibility index (Phi) is 5.80. The average molecular weight is 482 g/mol. The number of hydrogen-bond acceptors (Lipinski definition) is 7. The summed E-state index contributed by atoms with van der Waals surface area (Å²) in [6.07, 6.45) is 2.40. The van der Waals surface area contributed by atoms with Gasteiger partial charge in [0.15, 0.2) is 5.65 Å². The molecule has 0 radical (unpaired) electrons. The van der Waals surface area contributed by atoms with Crippen molar-refractivity contribution < 1.29 is 19.4 Å². The number of carboxylic acid groups (broad SMARTS) is 1. The third-order valence-electron chi connectivity index (χ3n) is 6.43. The third-order valence-corrected chi connectivity index (χ3v) is 6.72. The maximum absolute atomic E-state index is 11.1. The highest BCUT2D eigenvalue weighted by Gasteiger charge is 2.34. The molecule has 3 heterocycles. The fourth-order valence-electron chi connectivity index (χ4n) is 4.41. The summed E-state index contributed by atoms with van der Waals surface area (Å²) in [5.74, 6) is -0.524. The second kappa shape index (κ2) is 8.78. The van der Waals surface area contributed by atoms with Crippen molar-refractivity contribution in [3.63, 3.8) is 0 Å². The van der Waals surface area contributed by atoms with E-state index in [2.05, 4.69) is 26.3 Å². The highest BCUT2D eigenvalue weighted by molar-refractivity contribution is 6.33. The Bertz CT molecular complexity index is 1290. The summed E-state index contributed by atoms with van der Waals surface area (Å²) in [5, 5.41) is 22.4. The Hall–Kier alpha value is -3.35. The van der Waals surface area contributed by atoms with Crippen molar-refractivity contribution >= 4 is 28.7 Å². The minimum Gasteiger partial charge on any atom is -0.484 e. The van der Waals surface area contributed by atoms with E-state index in [1.165, 1.54) is 0 Å². The van der Waals surface area contributed by atoms with Gasteiger partial charge in [0.2, 0.25) is 0 Å². The van der Waals surface area contributed by atoms with Crippen LogP contribution in [0.2, 0.25) is 5.02 Å². The first-order chi connectivity index (χ1) is 16.3. The van der Waals surface area contributed by atoms with Crippen LogP contribution in [0.3, 0.4) is 0 Å². The monoisotopic (exact) mass is 481 g/mol. The maximum atomic E-state index is 11.1. The summed E-state index contributed by atoms with van der Waals surface area (Å²) >= 11 is 6.53. The first-order valence-electron chi connectivity index (χ1n) is 11.2. The molecular formula is C24H24ClN5O4. The fraction of sp³-hybridized carbons (Fsp3) is 0.417. The molecule has 176 valence electrons. The SMILES string of the molecule is CC1(Oc2ccc(-c3nc4nc(OC5CCC(C(=O)O)CC5)[nH]c4cc3Cl)cc2C#N)CNC1. The molecule has 9 nitrogen and oxygen atoms in total. The van der Waals surface area contributed by atoms with Gasteiger partial charge in [-0.15, -0.1) is 0 Å². The van der Waals surface area contributed by atoms with Gasteiger partial charge in [-0.2, -0.15) is 10.2 Å². The van der Waals surface area contributed by atoms with Crippen molar-refractivity contribution in [2.24, 2.45) is 5.92 Å². The van der Waals surface area contributed by atoms with Crippen molar-refractivity contribution in [1.29, 1.82) is 5.26 Å². The molecular weight excluding hydrogens is 458 g/mol. The van der Waals surface area contributed by atoms with Gasteiger partial charge in [0.1, 0.15) is 23.5 Å². The highest BCUT2D eigenvalue weighted by atomic mass is 35.5. The topological polar surface area (TPSA) is 133 Å². The van der Waals surface area contributed by atoms with Gasteiger partial charge >= 0.3 is 5.97 Å². The predicted molar refractivity (Wildman–Crippen MR) is 125 cm³/mol. The van der Waals surface area contributed by atoms with E-state index in [0.717, 1.165) is 13.1 Å². The number of nitrogens with zero attached hydrogens (tertiary/aromatic N) is 3. The van der Waals surface area contributed by atoms with E-state index in [9.17, 15) is 10.1 Å². The standard InChI is InChI=1S/C24H24ClN5O4/c1-24(11-27-12-24)34-19-7-4-14(8-15(19)10-26)20-17(25)9-18-21(29-20)30-23(28-18)33-16-5-2-13(3-6-16)22(31)32/h4,7-9,13,16,27H,2-3,5-6,11-12H2,1H3,(H,31,32)(H,28,29,30). The van der Waals surface area contributed by atoms with E-state index >= 15 is 0 Å². The smallest absolute Gasteiger partial charge is 0.306 e. The van der Waals surface area contributed by atoms with Gasteiger partial charge < -0.3 is 24.9 Å². The van der Waals surface area contributed by atoms with Gasteiger partial charge in [-0.25, -0.2) is 4.98 Å². The molecule has 2 aliphatic rings. The fourth-order valence-corrected chi connectivity index (χ4v) is 4.67. The largest absolute Gasteiger partial charge is 0.484 e. The number of aliphatic carboxylic acids is 1. The van der Waals surface area contributed by atoms with Crippen LogP contribution in [0.1, 0.15) is 38.2 Å². The van der Waals surface area contributed by atoms with Crippen molar-refractivity contribution in [2.75, 3.05) is 13.1 Å². The number of imidazole rings is 1. The van der Waals surface area contributed by atoms with Crippen LogP contribution in [0.5, 0.6) is 11.8 Å². The molecule has 1 aromatic carbocycles. The summed E-state index contributed by atoms with van der Waals surface area (Å²) in [6.45, 7) is 3.46. The number of carbonyl (C=O) groups is 1. The maximum Gasteiger partial charge on any atom is 0.306 e. The molecule has 34 heavy (non-hydrogen) atoms. The van der Waals surface area contributed by atoms with Gasteiger partial charge in [-0.1, -0.05) is 11.6 Å². The Morgan fingerprint density at radius 2 is 2.00 bits per heavy atom. The lowest BCUT2D eigenvalue weighted by molar-refractivity contribution is -0.143. The van der Waals surface area contributed by atoms with Crippen LogP contribution in [-0.4, -0.2) is 50.8 Å². The highest BCUT2D eigenvalue weighted by Crippen LogP contribution is 2.34. The second-order valence-electron chi connectivity index (χ2n) is 9.14. The number of rotatable bonds is 6. The first kappa shape index (κ1) is 22.4. The van der Waals surface area contributed by atoms with E-state index in [1.54, 1.807) is 18.2 Å². The van der Waals surface area contributed by atoms with E-state index in [0.29, 0.717) is 70.5 Å². The van der Waals surface area contributed by atoms with E-state index in [1.807, 2.05) is 13.0 Å². The lowest BCUT2D eigenvalue weighted by atomic mass is 9.87. The van der Waals surface area contributed by atoms with Gasteiger partial charge in [0.05, 0.1) is 27.7 Å². The number of halogens is 1. The number of hydrogen-bond donors (Lipinski definition) is 3. The molecule has 0 amide bonds. The number of carboxylic acids is 1. The predicted octanol–water partition coefficient (Wildman–Crippen LogP) is 3.91. The van der Waals surface area contributed by atoms with Gasteiger partial charge in [-0.3, -0.25) is 4.79 Å². The molecule has 1 aliphatic carbocycles. The number of nitrogens with one attached hydrogen (secondary N) is 2. The number of nitriles is 1. The second-order valence-corrected chi connectivity index (χ2v) is 9.55. The summed E-state index contributed by atoms with van der Waals surface area (Å²) < 4.78 is 12.0. The molecule has 0 bridgehead atoms. The zero-order chi connectivity index (χ0) is 23.9. The number of aromatic nitrogens is 3. The lowest BCUT2D eigenvalue weighted by Crippen LogP contribution is -2.61. The number of pyridine rings is 1. The van der Waals surface area contributed by atoms with E-state index in [-0.39, 0.29) is 17.6 Å². The number of ether oxygens (including phenoxy) is 2. The van der Waals surface area contributed by atoms with Crippen LogP contribution < -0.4 is 14.8 Å². The number of aromatic amines is 1. The zero-order valence-corrected chi connectivity index (χ0v) is 19.4. The molecule has 1 saturated heterocycles. The average Bonchev–Trinajstić information content (AvgIpc) is 3.19. The Balaban J connectivity index is 1.37. The number of fused-ring (bicyclic) bond motifs is 1. The molecule has 0 atom stereocenters. The van der Waals surface area contributed by atoms with E-state index < -0.39 is 5.97 Å². The lowest BCUT2D eigenvalue weighted by Gasteiger charge is -2.39. The molecule has 0 unspecified atom stereocenters. The summed E-state index contributed by atoms with van der Waals surface area (Å²) in [5.41, 5.74) is 2.36. The Morgan fingerprint density at radius 3 is 2.65 bits per heavy atom. The van der Waals surface area contributed by atoms with Crippen LogP contribution >= 0.6 is 11.6 Å². The molecule has 0 spiro atoms. The zero-order valence-electron chi connectivity index (χ0n) is 18.6. The Labute approximate surface area is 201 Å². The normalized spacial score (nSPS) is 21.4. The van der Waals surface area contributed by atoms with E-state index in [4.69, 9.17) is 26.2 Å². The minimum absolute atomic E-state index is 0.0930. The molecule has 3 aromatic rings. The third kappa shape index (κ3) is 4.39. The van der Waals surface area contributed by atoms with Gasteiger partial charge in [0.25, 0.3) is 6.01 Å². The molecule has 2 fully saturated rings. The summed E-state index contributed by atoms with van der Waals surface area (Å²) in [7, 11) is 0.